The summed E-state index contributed by atoms with van der Waals surface area (Å²) in [6.07, 6.45) is 2.89. The van der Waals surface area contributed by atoms with Crippen molar-refractivity contribution in [3.05, 3.63) is 0 Å². The molecule has 0 rings (SSSR count). The number of ether oxygens (including phenoxy) is 2. The lowest BCUT2D eigenvalue weighted by atomic mass is 9.98. The topological polar surface area (TPSA) is 47.6 Å². The van der Waals surface area contributed by atoms with Gasteiger partial charge in [0, 0.05) is 6.61 Å². The molecule has 0 amide bonds. The average Bonchev–Trinajstić information content (AvgIpc) is 2.35. The number of rotatable bonds is 11. The van der Waals surface area contributed by atoms with E-state index in [1.165, 1.54) is 0 Å². The van der Waals surface area contributed by atoms with Crippen LogP contribution in [0.3, 0.4) is 0 Å². The lowest BCUT2D eigenvalue weighted by Gasteiger charge is -2.29. The van der Waals surface area contributed by atoms with E-state index in [1.54, 1.807) is 0 Å². The van der Waals surface area contributed by atoms with Crippen molar-refractivity contribution in [2.45, 2.75) is 72.4 Å². The highest BCUT2D eigenvalue weighted by Gasteiger charge is 2.33. The zero-order valence-electron chi connectivity index (χ0n) is 14.1. The van der Waals surface area contributed by atoms with Gasteiger partial charge in [0.1, 0.15) is 5.54 Å². The first-order valence-electron chi connectivity index (χ1n) is 7.89. The number of esters is 1. The molecule has 0 saturated heterocycles. The molecule has 0 aromatic carbocycles. The van der Waals surface area contributed by atoms with E-state index in [9.17, 15) is 4.79 Å². The Kier molecular flexibility index (Phi) is 9.86. The fraction of sp³-hybridized carbons (Fsp3) is 0.938. The Morgan fingerprint density at radius 3 is 2.40 bits per heavy atom. The van der Waals surface area contributed by atoms with Crippen LogP contribution in [0.4, 0.5) is 0 Å². The normalized spacial score (nSPS) is 15.9. The lowest BCUT2D eigenvalue weighted by molar-refractivity contribution is -0.151. The van der Waals surface area contributed by atoms with E-state index in [-0.39, 0.29) is 12.1 Å². The smallest absolute Gasteiger partial charge is 0.326 e. The molecule has 4 heteroatoms. The van der Waals surface area contributed by atoms with Crippen molar-refractivity contribution in [3.8, 4) is 0 Å². The minimum atomic E-state index is -0.649. The number of hydrogen-bond donors (Lipinski definition) is 1. The van der Waals surface area contributed by atoms with E-state index in [0.29, 0.717) is 25.6 Å². The third-order valence-corrected chi connectivity index (χ3v) is 3.30. The molecule has 0 aromatic rings. The fourth-order valence-corrected chi connectivity index (χ4v) is 2.15. The molecule has 20 heavy (non-hydrogen) atoms. The van der Waals surface area contributed by atoms with Gasteiger partial charge in [0.15, 0.2) is 0 Å². The summed E-state index contributed by atoms with van der Waals surface area (Å²) in [7, 11) is 0. The van der Waals surface area contributed by atoms with Gasteiger partial charge < -0.3 is 14.8 Å². The fourth-order valence-electron chi connectivity index (χ4n) is 2.15. The van der Waals surface area contributed by atoms with E-state index in [4.69, 9.17) is 9.47 Å². The quantitative estimate of drug-likeness (QED) is 0.593. The van der Waals surface area contributed by atoms with Crippen molar-refractivity contribution in [3.63, 3.8) is 0 Å². The average molecular weight is 287 g/mol. The predicted octanol–water partition coefficient (Wildman–Crippen LogP) is 3.15. The summed E-state index contributed by atoms with van der Waals surface area (Å²) in [5.41, 5.74) is -0.649. The van der Waals surface area contributed by atoms with E-state index < -0.39 is 5.54 Å². The van der Waals surface area contributed by atoms with Crippen molar-refractivity contribution in [2.75, 3.05) is 19.8 Å². The number of carbonyl (C=O) groups is 1. The molecule has 0 bridgehead atoms. The highest BCUT2D eigenvalue weighted by Crippen LogP contribution is 2.15. The van der Waals surface area contributed by atoms with E-state index in [0.717, 1.165) is 19.4 Å². The Bertz CT molecular complexity index is 268. The summed E-state index contributed by atoms with van der Waals surface area (Å²) in [5.74, 6) is 0.438. The highest BCUT2D eigenvalue weighted by molar-refractivity contribution is 5.80. The van der Waals surface area contributed by atoms with Crippen LogP contribution in [0.5, 0.6) is 0 Å². The summed E-state index contributed by atoms with van der Waals surface area (Å²) in [6.45, 7) is 14.1. The molecular formula is C16H33NO3. The Hall–Kier alpha value is -0.610. The van der Waals surface area contributed by atoms with E-state index >= 15 is 0 Å². The van der Waals surface area contributed by atoms with Crippen LogP contribution in [0, 0.1) is 5.92 Å². The second-order valence-electron chi connectivity index (χ2n) is 6.04. The van der Waals surface area contributed by atoms with Crippen LogP contribution in [0.1, 0.15) is 60.8 Å². The van der Waals surface area contributed by atoms with Crippen molar-refractivity contribution in [2.24, 2.45) is 5.92 Å². The molecule has 0 saturated carbocycles. The third kappa shape index (κ3) is 7.85. The molecule has 0 fully saturated rings. The largest absolute Gasteiger partial charge is 0.465 e. The number of carbonyl (C=O) groups excluding carboxylic acids is 1. The van der Waals surface area contributed by atoms with E-state index in [1.807, 2.05) is 13.8 Å². The Morgan fingerprint density at radius 1 is 1.25 bits per heavy atom. The Balaban J connectivity index is 4.32. The summed E-state index contributed by atoms with van der Waals surface area (Å²) < 4.78 is 11.0. The first kappa shape index (κ1) is 19.4. The van der Waals surface area contributed by atoms with Crippen molar-refractivity contribution in [1.82, 2.24) is 5.32 Å². The van der Waals surface area contributed by atoms with Gasteiger partial charge >= 0.3 is 5.97 Å². The van der Waals surface area contributed by atoms with Gasteiger partial charge in [0.25, 0.3) is 0 Å². The van der Waals surface area contributed by atoms with Gasteiger partial charge in [-0.3, -0.25) is 4.79 Å². The molecule has 2 unspecified atom stereocenters. The second kappa shape index (κ2) is 10.2. The molecule has 0 aliphatic rings. The van der Waals surface area contributed by atoms with Crippen LogP contribution in [-0.4, -0.2) is 37.4 Å². The Morgan fingerprint density at radius 2 is 1.90 bits per heavy atom. The Labute approximate surface area is 124 Å². The van der Waals surface area contributed by atoms with Gasteiger partial charge in [-0.05, 0) is 52.5 Å². The van der Waals surface area contributed by atoms with Gasteiger partial charge in [-0.15, -0.1) is 0 Å². The van der Waals surface area contributed by atoms with Gasteiger partial charge in [0.05, 0.1) is 12.7 Å². The highest BCUT2D eigenvalue weighted by atomic mass is 16.5. The molecular weight excluding hydrogens is 254 g/mol. The lowest BCUT2D eigenvalue weighted by Crippen LogP contribution is -2.51. The minimum Gasteiger partial charge on any atom is -0.465 e. The molecule has 0 spiro atoms. The van der Waals surface area contributed by atoms with E-state index in [2.05, 4.69) is 33.0 Å². The molecule has 0 radical (unpaired) electrons. The van der Waals surface area contributed by atoms with Crippen LogP contribution < -0.4 is 5.32 Å². The first-order chi connectivity index (χ1) is 9.35. The zero-order valence-corrected chi connectivity index (χ0v) is 14.1. The maximum Gasteiger partial charge on any atom is 0.326 e. The van der Waals surface area contributed by atoms with Gasteiger partial charge in [-0.2, -0.15) is 0 Å². The SMILES string of the molecule is CCCNC(C)(CCOC(C)CC(C)C)C(=O)OCC. The van der Waals surface area contributed by atoms with Crippen LogP contribution in [0.2, 0.25) is 0 Å². The maximum absolute atomic E-state index is 12.1. The molecule has 1 N–H and O–H groups in total. The van der Waals surface area contributed by atoms with Gasteiger partial charge in [-0.1, -0.05) is 20.8 Å². The standard InChI is InChI=1S/C16H33NO3/c1-7-10-17-16(6,15(18)19-8-2)9-11-20-14(5)12-13(3)4/h13-14,17H,7-12H2,1-6H3. The molecule has 0 aliphatic heterocycles. The number of nitrogens with one attached hydrogen (secondary N) is 1. The molecule has 4 nitrogen and oxygen atoms in total. The molecule has 0 aliphatic carbocycles. The second-order valence-corrected chi connectivity index (χ2v) is 6.04. The van der Waals surface area contributed by atoms with Crippen molar-refractivity contribution in [1.29, 1.82) is 0 Å². The summed E-state index contributed by atoms with van der Waals surface area (Å²) in [4.78, 5) is 12.1. The zero-order chi connectivity index (χ0) is 15.6. The molecule has 120 valence electrons. The first-order valence-corrected chi connectivity index (χ1v) is 7.89. The van der Waals surface area contributed by atoms with Crippen LogP contribution in [0.15, 0.2) is 0 Å². The van der Waals surface area contributed by atoms with Crippen molar-refractivity contribution >= 4 is 5.97 Å². The maximum atomic E-state index is 12.1. The monoisotopic (exact) mass is 287 g/mol. The molecule has 0 heterocycles. The molecule has 2 atom stereocenters. The van der Waals surface area contributed by atoms with Gasteiger partial charge in [0.2, 0.25) is 0 Å². The van der Waals surface area contributed by atoms with Gasteiger partial charge in [-0.25, -0.2) is 0 Å². The van der Waals surface area contributed by atoms with Crippen LogP contribution in [-0.2, 0) is 14.3 Å². The summed E-state index contributed by atoms with van der Waals surface area (Å²) in [5, 5.41) is 3.29. The number of hydrogen-bond acceptors (Lipinski definition) is 4. The third-order valence-electron chi connectivity index (χ3n) is 3.30. The summed E-state index contributed by atoms with van der Waals surface area (Å²) in [6, 6.07) is 0. The van der Waals surface area contributed by atoms with Crippen molar-refractivity contribution < 1.29 is 14.3 Å². The molecule has 0 aromatic heterocycles. The van der Waals surface area contributed by atoms with Crippen LogP contribution >= 0.6 is 0 Å². The minimum absolute atomic E-state index is 0.187. The van der Waals surface area contributed by atoms with Crippen LogP contribution in [0.25, 0.3) is 0 Å². The summed E-state index contributed by atoms with van der Waals surface area (Å²) >= 11 is 0. The predicted molar refractivity (Wildman–Crippen MR) is 82.8 cm³/mol.